The van der Waals surface area contributed by atoms with E-state index in [9.17, 15) is 40.7 Å². The Balaban J connectivity index is 0.00000605. The molecule has 1 fully saturated rings. The maximum Gasteiger partial charge on any atom is 0.417 e. The predicted molar refractivity (Wildman–Crippen MR) is 187 cm³/mol. The zero-order chi connectivity index (χ0) is 37.1. The van der Waals surface area contributed by atoms with Crippen LogP contribution in [0.5, 0.6) is 0 Å². The number of ketones is 2. The van der Waals surface area contributed by atoms with E-state index in [0.29, 0.717) is 0 Å². The molecule has 0 aliphatic carbocycles. The van der Waals surface area contributed by atoms with Crippen molar-refractivity contribution in [2.75, 3.05) is 20.1 Å². The molecule has 4 aromatic rings. The molecule has 1 saturated heterocycles. The average Bonchev–Trinajstić information content (AvgIpc) is 3.09. The van der Waals surface area contributed by atoms with Crippen LogP contribution in [0, 0.1) is 13.8 Å². The van der Waals surface area contributed by atoms with Crippen LogP contribution in [0.1, 0.15) is 54.1 Å². The summed E-state index contributed by atoms with van der Waals surface area (Å²) in [5, 5.41) is 3.12. The number of amides is 1. The van der Waals surface area contributed by atoms with Gasteiger partial charge in [-0.05, 0) is 54.7 Å². The Morgan fingerprint density at radius 3 is 1.83 bits per heavy atom. The second-order valence-electron chi connectivity index (χ2n) is 12.8. The number of hydrogen-bond acceptors (Lipinski definition) is 5. The lowest BCUT2D eigenvalue weighted by Crippen LogP contribution is -2.69. The highest BCUT2D eigenvalue weighted by molar-refractivity contribution is 6.05. The molecular weight excluding hydrogens is 708 g/mol. The number of nitrogens with one attached hydrogen (secondary N) is 1. The number of Topliss-reactive ketones (excluding diaryl/α,β-unsaturated/α-hetero) is 2. The van der Waals surface area contributed by atoms with Gasteiger partial charge in [0.1, 0.15) is 0 Å². The Morgan fingerprint density at radius 2 is 1.27 bits per heavy atom. The second kappa shape index (κ2) is 16.4. The summed E-state index contributed by atoms with van der Waals surface area (Å²) in [5.74, 6) is -2.64. The molecule has 0 spiro atoms. The molecule has 3 atom stereocenters. The van der Waals surface area contributed by atoms with E-state index < -0.39 is 76.8 Å². The molecule has 0 aromatic heterocycles. The summed E-state index contributed by atoms with van der Waals surface area (Å²) in [6.07, 6.45) is -9.72. The zero-order valence-electron chi connectivity index (χ0n) is 28.6. The highest BCUT2D eigenvalue weighted by atomic mass is 35.5. The molecule has 52 heavy (non-hydrogen) atoms. The van der Waals surface area contributed by atoms with Gasteiger partial charge in [0.05, 0.1) is 29.8 Å². The Hall–Kier alpha value is -4.52. The Labute approximate surface area is 304 Å². The fraction of sp³-hybridized carbons (Fsp3) is 0.308. The maximum atomic E-state index is 14.6. The van der Waals surface area contributed by atoms with Gasteiger partial charge in [-0.2, -0.15) is 26.3 Å². The van der Waals surface area contributed by atoms with E-state index in [4.69, 9.17) is 0 Å². The van der Waals surface area contributed by atoms with Gasteiger partial charge in [-0.15, -0.1) is 12.4 Å². The van der Waals surface area contributed by atoms with Gasteiger partial charge in [-0.1, -0.05) is 84.9 Å². The summed E-state index contributed by atoms with van der Waals surface area (Å²) in [4.78, 5) is 45.2. The van der Waals surface area contributed by atoms with E-state index in [-0.39, 0.29) is 31.9 Å². The van der Waals surface area contributed by atoms with Crippen molar-refractivity contribution in [1.29, 1.82) is 0 Å². The zero-order valence-corrected chi connectivity index (χ0v) is 29.4. The van der Waals surface area contributed by atoms with E-state index in [1.54, 1.807) is 30.3 Å². The Morgan fingerprint density at radius 1 is 0.731 bits per heavy atom. The number of carbonyl (C=O) groups excluding carboxylic acids is 3. The molecule has 276 valence electrons. The van der Waals surface area contributed by atoms with Gasteiger partial charge in [0.2, 0.25) is 5.91 Å². The minimum absolute atomic E-state index is 0. The van der Waals surface area contributed by atoms with Crippen LogP contribution < -0.4 is 5.32 Å². The van der Waals surface area contributed by atoms with Crippen molar-refractivity contribution in [3.05, 3.63) is 142 Å². The highest BCUT2D eigenvalue weighted by Gasteiger charge is 2.48. The highest BCUT2D eigenvalue weighted by Crippen LogP contribution is 2.36. The Bertz CT molecular complexity index is 1900. The molecule has 1 aliphatic heterocycles. The van der Waals surface area contributed by atoms with Gasteiger partial charge < -0.3 is 10.2 Å². The molecule has 1 aliphatic rings. The van der Waals surface area contributed by atoms with Crippen LogP contribution in [0.2, 0.25) is 0 Å². The minimum Gasteiger partial charge on any atom is -0.340 e. The number of benzene rings is 4. The molecule has 1 heterocycles. The summed E-state index contributed by atoms with van der Waals surface area (Å²) >= 11 is 0. The van der Waals surface area contributed by atoms with E-state index in [1.807, 2.05) is 32.0 Å². The van der Waals surface area contributed by atoms with Crippen LogP contribution >= 0.6 is 12.4 Å². The van der Waals surface area contributed by atoms with E-state index in [2.05, 4.69) is 5.32 Å². The molecule has 0 bridgehead atoms. The Kier molecular flexibility index (Phi) is 12.7. The summed E-state index contributed by atoms with van der Waals surface area (Å²) in [5.41, 5.74) is -0.350. The van der Waals surface area contributed by atoms with Crippen LogP contribution in [0.3, 0.4) is 0 Å². The molecule has 1 amide bonds. The van der Waals surface area contributed by atoms with Crippen LogP contribution in [0.25, 0.3) is 0 Å². The number of carbonyl (C=O) groups is 3. The largest absolute Gasteiger partial charge is 0.417 e. The average molecular weight is 746 g/mol. The molecule has 0 saturated carbocycles. The molecule has 13 heteroatoms. The number of piperazine rings is 1. The van der Waals surface area contributed by atoms with Crippen molar-refractivity contribution in [3.63, 3.8) is 0 Å². The van der Waals surface area contributed by atoms with Gasteiger partial charge in [-0.25, -0.2) is 0 Å². The molecule has 5 rings (SSSR count). The first kappa shape index (κ1) is 40.3. The fourth-order valence-electron chi connectivity index (χ4n) is 6.52. The summed E-state index contributed by atoms with van der Waals surface area (Å²) in [6.45, 7) is 3.01. The summed E-state index contributed by atoms with van der Waals surface area (Å²) in [7, 11) is 1.50. The maximum absolute atomic E-state index is 14.6. The van der Waals surface area contributed by atoms with Gasteiger partial charge in [0.15, 0.2) is 11.6 Å². The lowest BCUT2D eigenvalue weighted by molar-refractivity contribution is -0.138. The topological polar surface area (TPSA) is 69.7 Å². The first-order valence-corrected chi connectivity index (χ1v) is 16.3. The normalized spacial score (nSPS) is 18.0. The van der Waals surface area contributed by atoms with Crippen molar-refractivity contribution >= 4 is 29.9 Å². The lowest BCUT2D eigenvalue weighted by Gasteiger charge is -2.46. The number of halogens is 7. The van der Waals surface area contributed by atoms with E-state index >= 15 is 0 Å². The number of rotatable bonds is 10. The third kappa shape index (κ3) is 9.09. The third-order valence-corrected chi connectivity index (χ3v) is 9.31. The van der Waals surface area contributed by atoms with Crippen LogP contribution in [0.4, 0.5) is 26.3 Å². The number of likely N-dealkylation sites (N-methyl/N-ethyl adjacent to an activating group) is 1. The quantitative estimate of drug-likeness (QED) is 0.133. The van der Waals surface area contributed by atoms with Gasteiger partial charge in [0.25, 0.3) is 0 Å². The van der Waals surface area contributed by atoms with Gasteiger partial charge in [0, 0.05) is 37.3 Å². The van der Waals surface area contributed by atoms with Crippen molar-refractivity contribution in [1.82, 2.24) is 15.1 Å². The molecule has 3 unspecified atom stereocenters. The van der Waals surface area contributed by atoms with E-state index in [1.165, 1.54) is 29.0 Å². The molecule has 4 aromatic carbocycles. The number of aryl methyl sites for hydroxylation is 2. The number of hydrogen-bond donors (Lipinski definition) is 1. The second-order valence-corrected chi connectivity index (χ2v) is 12.8. The van der Waals surface area contributed by atoms with Crippen molar-refractivity contribution < 1.29 is 40.7 Å². The third-order valence-electron chi connectivity index (χ3n) is 9.31. The van der Waals surface area contributed by atoms with Crippen molar-refractivity contribution in [2.45, 2.75) is 57.3 Å². The minimum atomic E-state index is -4.92. The summed E-state index contributed by atoms with van der Waals surface area (Å²) < 4.78 is 85.3. The van der Waals surface area contributed by atoms with E-state index in [0.717, 1.165) is 58.7 Å². The lowest BCUT2D eigenvalue weighted by atomic mass is 9.84. The van der Waals surface area contributed by atoms with Gasteiger partial charge >= 0.3 is 12.4 Å². The van der Waals surface area contributed by atoms with Crippen LogP contribution in [-0.4, -0.2) is 65.5 Å². The molecule has 6 nitrogen and oxygen atoms in total. The summed E-state index contributed by atoms with van der Waals surface area (Å²) in [6, 6.07) is 18.9. The first-order chi connectivity index (χ1) is 24.1. The molecule has 0 radical (unpaired) electrons. The smallest absolute Gasteiger partial charge is 0.340 e. The number of nitrogens with zero attached hydrogens (tertiary/aromatic N) is 2. The first-order valence-electron chi connectivity index (χ1n) is 16.3. The van der Waals surface area contributed by atoms with Crippen LogP contribution in [-0.2, 0) is 30.1 Å². The standard InChI is InChI=1S/C39H37F6N3O3.ClH/c1-24-17-18-27(19-25(24)2)20-32-35(37(51)29-14-8-10-16-31(29)39(43,44)45)48(23-34(49)47(3)22-26-11-5-4-6-12-26)33(21-46-32)36(50)28-13-7-9-15-30(28)38(40,41)42;/h4-19,32-33,35,46H,20-23H2,1-3H3;1H. The predicted octanol–water partition coefficient (Wildman–Crippen LogP) is 7.74. The fourth-order valence-corrected chi connectivity index (χ4v) is 6.52. The van der Waals surface area contributed by atoms with Crippen molar-refractivity contribution in [3.8, 4) is 0 Å². The van der Waals surface area contributed by atoms with Gasteiger partial charge in [-0.3, -0.25) is 19.3 Å². The monoisotopic (exact) mass is 745 g/mol. The molecule has 1 N–H and O–H groups in total. The SMILES string of the molecule is Cc1ccc(CC2NCC(C(=O)c3ccccc3C(F)(F)F)N(CC(=O)N(C)Cc3ccccc3)C2C(=O)c2ccccc2C(F)(F)F)cc1C.Cl. The molecular formula is C39H38ClF6N3O3. The van der Waals surface area contributed by atoms with Crippen molar-refractivity contribution in [2.24, 2.45) is 0 Å². The number of alkyl halides is 6. The van der Waals surface area contributed by atoms with Crippen LogP contribution in [0.15, 0.2) is 97.1 Å².